The molecule has 5 nitrogen and oxygen atoms in total. The Morgan fingerprint density at radius 1 is 1.27 bits per heavy atom. The van der Waals surface area contributed by atoms with Gasteiger partial charge in [0.15, 0.2) is 0 Å². The molecule has 0 radical (unpaired) electrons. The molecule has 1 heterocycles. The summed E-state index contributed by atoms with van der Waals surface area (Å²) in [4.78, 5) is 24.0. The van der Waals surface area contributed by atoms with Gasteiger partial charge in [-0.3, -0.25) is 4.79 Å². The summed E-state index contributed by atoms with van der Waals surface area (Å²) < 4.78 is 0. The van der Waals surface area contributed by atoms with Crippen LogP contribution in [0.15, 0.2) is 36.4 Å². The molecule has 0 spiro atoms. The third-order valence-corrected chi connectivity index (χ3v) is 4.86. The highest BCUT2D eigenvalue weighted by atomic mass is 35.5. The Morgan fingerprint density at radius 3 is 2.73 bits per heavy atom. The van der Waals surface area contributed by atoms with Gasteiger partial charge in [-0.05, 0) is 24.6 Å². The van der Waals surface area contributed by atoms with Crippen molar-refractivity contribution in [1.82, 2.24) is 5.32 Å². The highest BCUT2D eigenvalue weighted by Crippen LogP contribution is 2.39. The van der Waals surface area contributed by atoms with Gasteiger partial charge in [0.05, 0.1) is 12.5 Å². The van der Waals surface area contributed by atoms with E-state index in [0.717, 1.165) is 11.1 Å². The van der Waals surface area contributed by atoms with Gasteiger partial charge in [0.25, 0.3) is 0 Å². The normalized spacial score (nSPS) is 18.6. The topological polar surface area (TPSA) is 78.4 Å². The molecule has 26 heavy (non-hydrogen) atoms. The number of aliphatic carboxylic acids is 1. The van der Waals surface area contributed by atoms with E-state index in [1.165, 1.54) is 0 Å². The van der Waals surface area contributed by atoms with Crippen LogP contribution in [0, 0.1) is 6.92 Å². The number of hydrogen-bond donors (Lipinski definition) is 3. The molecule has 2 aromatic rings. The number of nitrogens with one attached hydrogen (secondary N) is 2. The van der Waals surface area contributed by atoms with Crippen LogP contribution in [0.3, 0.4) is 0 Å². The maximum absolute atomic E-state index is 12.5. The number of hydrogen-bond acceptors (Lipinski definition) is 3. The monoisotopic (exact) mass is 392 g/mol. The molecule has 0 aliphatic carbocycles. The molecule has 3 N–H and O–H groups in total. The summed E-state index contributed by atoms with van der Waals surface area (Å²) in [6.07, 6.45) is 0.410. The van der Waals surface area contributed by atoms with Crippen LogP contribution in [-0.4, -0.2) is 23.0 Å². The number of carboxylic acid groups (broad SMARTS) is 1. The predicted octanol–water partition coefficient (Wildman–Crippen LogP) is 3.97. The first-order valence-corrected chi connectivity index (χ1v) is 8.92. The summed E-state index contributed by atoms with van der Waals surface area (Å²) in [5, 5.41) is 16.0. The van der Waals surface area contributed by atoms with Crippen LogP contribution >= 0.6 is 23.2 Å². The number of rotatable bonds is 4. The first-order chi connectivity index (χ1) is 12.3. The van der Waals surface area contributed by atoms with Crippen LogP contribution in [0.5, 0.6) is 0 Å². The molecule has 0 fully saturated rings. The van der Waals surface area contributed by atoms with E-state index in [9.17, 15) is 14.7 Å². The second-order valence-electron chi connectivity index (χ2n) is 6.41. The van der Waals surface area contributed by atoms with Crippen LogP contribution in [0.1, 0.15) is 29.2 Å². The lowest BCUT2D eigenvalue weighted by Gasteiger charge is -2.32. The number of amides is 1. The third-order valence-electron chi connectivity index (χ3n) is 4.32. The largest absolute Gasteiger partial charge is 0.480 e. The van der Waals surface area contributed by atoms with Gasteiger partial charge in [-0.1, -0.05) is 53.0 Å². The molecule has 0 unspecified atom stereocenters. The standard InChI is InChI=1S/C19H18Cl2N2O3/c1-10-3-2-4-11(5-10)6-17(24)23-15-9-16(19(25)26)22-14-8-12(20)7-13(21)18(14)15/h2-5,7-8,15-16,22H,6,9H2,1H3,(H,23,24)(H,25,26)/t15-,16+/m0/s1. The highest BCUT2D eigenvalue weighted by Gasteiger charge is 2.33. The number of fused-ring (bicyclic) bond motifs is 1. The SMILES string of the molecule is Cc1cccc(CC(=O)N[C@H]2C[C@H](C(=O)O)Nc3cc(Cl)cc(Cl)c32)c1. The smallest absolute Gasteiger partial charge is 0.326 e. The molecule has 2 atom stereocenters. The van der Waals surface area contributed by atoms with E-state index in [-0.39, 0.29) is 18.7 Å². The van der Waals surface area contributed by atoms with Crippen molar-refractivity contribution in [3.63, 3.8) is 0 Å². The Morgan fingerprint density at radius 2 is 2.04 bits per heavy atom. The van der Waals surface area contributed by atoms with Crippen molar-refractivity contribution in [3.8, 4) is 0 Å². The number of carboxylic acids is 1. The molecule has 2 aromatic carbocycles. The van der Waals surface area contributed by atoms with Crippen molar-refractivity contribution in [1.29, 1.82) is 0 Å². The zero-order valence-electron chi connectivity index (χ0n) is 14.1. The fraction of sp³-hybridized carbons (Fsp3) is 0.263. The second kappa shape index (κ2) is 7.56. The van der Waals surface area contributed by atoms with E-state index in [2.05, 4.69) is 10.6 Å². The molecule has 0 aromatic heterocycles. The van der Waals surface area contributed by atoms with Crippen molar-refractivity contribution < 1.29 is 14.7 Å². The molecule has 1 aliphatic heterocycles. The molecule has 7 heteroatoms. The number of carbonyl (C=O) groups excluding carboxylic acids is 1. The van der Waals surface area contributed by atoms with E-state index in [1.54, 1.807) is 12.1 Å². The summed E-state index contributed by atoms with van der Waals surface area (Å²) in [6, 6.07) is 9.57. The molecule has 1 amide bonds. The average Bonchev–Trinajstić information content (AvgIpc) is 2.53. The van der Waals surface area contributed by atoms with E-state index in [4.69, 9.17) is 23.2 Å². The maximum Gasteiger partial charge on any atom is 0.326 e. The van der Waals surface area contributed by atoms with Gasteiger partial charge in [0.2, 0.25) is 5.91 Å². The zero-order valence-corrected chi connectivity index (χ0v) is 15.6. The average molecular weight is 393 g/mol. The lowest BCUT2D eigenvalue weighted by Crippen LogP contribution is -2.41. The van der Waals surface area contributed by atoms with Crippen LogP contribution in [0.25, 0.3) is 0 Å². The zero-order chi connectivity index (χ0) is 18.8. The van der Waals surface area contributed by atoms with Gasteiger partial charge < -0.3 is 15.7 Å². The number of halogens is 2. The molecule has 3 rings (SSSR count). The quantitative estimate of drug-likeness (QED) is 0.735. The first-order valence-electron chi connectivity index (χ1n) is 8.16. The van der Waals surface area contributed by atoms with Crippen molar-refractivity contribution in [2.24, 2.45) is 0 Å². The van der Waals surface area contributed by atoms with Gasteiger partial charge in [0, 0.05) is 27.7 Å². The number of carbonyl (C=O) groups is 2. The summed E-state index contributed by atoms with van der Waals surface area (Å²) in [5.41, 5.74) is 3.16. The van der Waals surface area contributed by atoms with Gasteiger partial charge in [-0.15, -0.1) is 0 Å². The number of aryl methyl sites for hydroxylation is 1. The maximum atomic E-state index is 12.5. The van der Waals surface area contributed by atoms with Crippen LogP contribution in [0.2, 0.25) is 10.0 Å². The minimum Gasteiger partial charge on any atom is -0.480 e. The number of benzene rings is 2. The fourth-order valence-electron chi connectivity index (χ4n) is 3.21. The molecule has 0 bridgehead atoms. The molecule has 1 aliphatic rings. The number of anilines is 1. The van der Waals surface area contributed by atoms with Crippen LogP contribution in [-0.2, 0) is 16.0 Å². The van der Waals surface area contributed by atoms with Gasteiger partial charge >= 0.3 is 5.97 Å². The molecule has 0 saturated heterocycles. The molecule has 0 saturated carbocycles. The first kappa shape index (κ1) is 18.5. The second-order valence-corrected chi connectivity index (χ2v) is 7.25. The van der Waals surface area contributed by atoms with E-state index in [1.807, 2.05) is 31.2 Å². The minimum absolute atomic E-state index is 0.191. The van der Waals surface area contributed by atoms with Crippen LogP contribution < -0.4 is 10.6 Å². The summed E-state index contributed by atoms with van der Waals surface area (Å²) in [7, 11) is 0. The summed E-state index contributed by atoms with van der Waals surface area (Å²) in [6.45, 7) is 1.96. The van der Waals surface area contributed by atoms with E-state index < -0.39 is 18.1 Å². The van der Waals surface area contributed by atoms with Crippen LogP contribution in [0.4, 0.5) is 5.69 Å². The van der Waals surface area contributed by atoms with E-state index in [0.29, 0.717) is 21.3 Å². The van der Waals surface area contributed by atoms with Gasteiger partial charge in [0.1, 0.15) is 6.04 Å². The Hall–Kier alpha value is -2.24. The van der Waals surface area contributed by atoms with Gasteiger partial charge in [-0.25, -0.2) is 4.79 Å². The van der Waals surface area contributed by atoms with Crippen molar-refractivity contribution in [2.75, 3.05) is 5.32 Å². The lowest BCUT2D eigenvalue weighted by atomic mass is 9.92. The van der Waals surface area contributed by atoms with Gasteiger partial charge in [-0.2, -0.15) is 0 Å². The van der Waals surface area contributed by atoms with Crippen molar-refractivity contribution in [3.05, 3.63) is 63.1 Å². The van der Waals surface area contributed by atoms with Crippen molar-refractivity contribution >= 4 is 40.8 Å². The predicted molar refractivity (Wildman–Crippen MR) is 102 cm³/mol. The summed E-state index contributed by atoms with van der Waals surface area (Å²) >= 11 is 12.3. The Balaban J connectivity index is 1.84. The minimum atomic E-state index is -0.996. The summed E-state index contributed by atoms with van der Waals surface area (Å²) in [5.74, 6) is -1.19. The fourth-order valence-corrected chi connectivity index (χ4v) is 3.83. The highest BCUT2D eigenvalue weighted by molar-refractivity contribution is 6.35. The van der Waals surface area contributed by atoms with Crippen molar-refractivity contribution in [2.45, 2.75) is 31.8 Å². The van der Waals surface area contributed by atoms with E-state index >= 15 is 0 Å². The third kappa shape index (κ3) is 4.11. The Bertz CT molecular complexity index is 870. The molecular formula is C19H18Cl2N2O3. The molecule has 136 valence electrons. The lowest BCUT2D eigenvalue weighted by molar-refractivity contribution is -0.138. The molecular weight excluding hydrogens is 375 g/mol. The Labute approximate surface area is 161 Å². The Kier molecular flexibility index (Phi) is 5.39.